The lowest BCUT2D eigenvalue weighted by atomic mass is 10.1. The van der Waals surface area contributed by atoms with Crippen molar-refractivity contribution < 1.29 is 8.78 Å². The van der Waals surface area contributed by atoms with Gasteiger partial charge in [0.05, 0.1) is 12.5 Å². The highest BCUT2D eigenvalue weighted by Crippen LogP contribution is 2.22. The van der Waals surface area contributed by atoms with E-state index in [1.165, 1.54) is 0 Å². The number of alkyl halides is 2. The Labute approximate surface area is 84.3 Å². The molecule has 0 aliphatic rings. The van der Waals surface area contributed by atoms with E-state index in [1.807, 2.05) is 0 Å². The fraction of sp³-hybridized carbons (Fsp3) is 0.333. The molecule has 0 radical (unpaired) electrons. The van der Waals surface area contributed by atoms with Crippen LogP contribution >= 0.6 is 0 Å². The SMILES string of the molecule is N#CCc1[nH]c(=O)cc(C(F)F)c1CN. The fourth-order valence-corrected chi connectivity index (χ4v) is 1.33. The Bertz CT molecular complexity index is 448. The standard InChI is InChI=1S/C9H9F2N3O/c10-9(11)5-3-8(15)14-7(1-2-12)6(5)4-13/h3,9H,1,4,13H2,(H,14,15). The number of pyridine rings is 1. The zero-order chi connectivity index (χ0) is 11.4. The van der Waals surface area contributed by atoms with Crippen molar-refractivity contribution in [2.24, 2.45) is 5.73 Å². The molecule has 4 nitrogen and oxygen atoms in total. The van der Waals surface area contributed by atoms with E-state index >= 15 is 0 Å². The number of rotatable bonds is 3. The van der Waals surface area contributed by atoms with Crippen molar-refractivity contribution in [1.82, 2.24) is 4.98 Å². The molecule has 0 unspecified atom stereocenters. The topological polar surface area (TPSA) is 82.7 Å². The van der Waals surface area contributed by atoms with Crippen molar-refractivity contribution in [3.63, 3.8) is 0 Å². The minimum atomic E-state index is -2.76. The molecule has 1 rings (SSSR count). The molecule has 1 heterocycles. The second-order valence-electron chi connectivity index (χ2n) is 2.89. The van der Waals surface area contributed by atoms with Gasteiger partial charge in [-0.15, -0.1) is 0 Å². The van der Waals surface area contributed by atoms with Crippen LogP contribution in [0.3, 0.4) is 0 Å². The van der Waals surface area contributed by atoms with E-state index in [4.69, 9.17) is 11.0 Å². The first-order valence-corrected chi connectivity index (χ1v) is 4.20. The Morgan fingerprint density at radius 3 is 2.73 bits per heavy atom. The van der Waals surface area contributed by atoms with E-state index < -0.39 is 17.5 Å². The monoisotopic (exact) mass is 213 g/mol. The summed E-state index contributed by atoms with van der Waals surface area (Å²) in [5, 5.41) is 8.46. The molecule has 1 aromatic rings. The highest BCUT2D eigenvalue weighted by molar-refractivity contribution is 5.32. The number of H-pyrrole nitrogens is 1. The van der Waals surface area contributed by atoms with Crippen LogP contribution in [-0.2, 0) is 13.0 Å². The normalized spacial score (nSPS) is 10.3. The largest absolute Gasteiger partial charge is 0.326 e. The van der Waals surface area contributed by atoms with Crippen LogP contribution < -0.4 is 11.3 Å². The average molecular weight is 213 g/mol. The van der Waals surface area contributed by atoms with E-state index in [-0.39, 0.29) is 24.2 Å². The molecule has 0 aromatic carbocycles. The van der Waals surface area contributed by atoms with E-state index in [0.717, 1.165) is 6.07 Å². The maximum atomic E-state index is 12.5. The van der Waals surface area contributed by atoms with E-state index in [1.54, 1.807) is 6.07 Å². The van der Waals surface area contributed by atoms with Crippen molar-refractivity contribution in [3.05, 3.63) is 33.2 Å². The predicted octanol–water partition coefficient (Wildman–Crippen LogP) is 0.837. The third-order valence-electron chi connectivity index (χ3n) is 1.97. The third-order valence-corrected chi connectivity index (χ3v) is 1.97. The van der Waals surface area contributed by atoms with Crippen LogP contribution in [0, 0.1) is 11.3 Å². The summed E-state index contributed by atoms with van der Waals surface area (Å²) >= 11 is 0. The van der Waals surface area contributed by atoms with E-state index in [2.05, 4.69) is 4.98 Å². The molecular weight excluding hydrogens is 204 g/mol. The second-order valence-corrected chi connectivity index (χ2v) is 2.89. The van der Waals surface area contributed by atoms with Crippen LogP contribution in [-0.4, -0.2) is 4.98 Å². The zero-order valence-electron chi connectivity index (χ0n) is 7.76. The number of halogens is 2. The van der Waals surface area contributed by atoms with Gasteiger partial charge in [-0.1, -0.05) is 0 Å². The first-order valence-electron chi connectivity index (χ1n) is 4.20. The molecule has 15 heavy (non-hydrogen) atoms. The third kappa shape index (κ3) is 2.39. The first kappa shape index (κ1) is 11.3. The average Bonchev–Trinajstić information content (AvgIpc) is 2.17. The van der Waals surface area contributed by atoms with Crippen LogP contribution in [0.4, 0.5) is 8.78 Å². The molecule has 0 bridgehead atoms. The summed E-state index contributed by atoms with van der Waals surface area (Å²) in [6, 6.07) is 2.59. The van der Waals surface area contributed by atoms with Crippen LogP contribution in [0.2, 0.25) is 0 Å². The summed E-state index contributed by atoms with van der Waals surface area (Å²) in [7, 11) is 0. The van der Waals surface area contributed by atoms with Gasteiger partial charge in [0.2, 0.25) is 5.56 Å². The quantitative estimate of drug-likeness (QED) is 0.780. The Hall–Kier alpha value is -1.74. The number of nitrogens with one attached hydrogen (secondary N) is 1. The van der Waals surface area contributed by atoms with Gasteiger partial charge in [0.15, 0.2) is 0 Å². The molecule has 1 aromatic heterocycles. The maximum absolute atomic E-state index is 12.5. The molecule has 80 valence electrons. The fourth-order valence-electron chi connectivity index (χ4n) is 1.33. The van der Waals surface area contributed by atoms with Crippen molar-refractivity contribution in [3.8, 4) is 6.07 Å². The first-order chi connectivity index (χ1) is 7.10. The number of hydrogen-bond donors (Lipinski definition) is 2. The molecular formula is C9H9F2N3O. The molecule has 0 fully saturated rings. The number of nitriles is 1. The van der Waals surface area contributed by atoms with Gasteiger partial charge >= 0.3 is 0 Å². The number of aromatic nitrogens is 1. The summed E-state index contributed by atoms with van der Waals surface area (Å²) in [5.74, 6) is 0. The number of hydrogen-bond acceptors (Lipinski definition) is 3. The number of nitrogens with zero attached hydrogens (tertiary/aromatic N) is 1. The molecule has 0 atom stereocenters. The minimum absolute atomic E-state index is 0.131. The summed E-state index contributed by atoms with van der Waals surface area (Å²) in [4.78, 5) is 13.4. The number of aromatic amines is 1. The van der Waals surface area contributed by atoms with Crippen LogP contribution in [0.15, 0.2) is 10.9 Å². The molecule has 0 amide bonds. The Morgan fingerprint density at radius 2 is 2.27 bits per heavy atom. The molecule has 3 N–H and O–H groups in total. The Morgan fingerprint density at radius 1 is 1.60 bits per heavy atom. The van der Waals surface area contributed by atoms with Gasteiger partial charge in [0, 0.05) is 23.9 Å². The lowest BCUT2D eigenvalue weighted by molar-refractivity contribution is 0.150. The predicted molar refractivity (Wildman–Crippen MR) is 49.2 cm³/mol. The van der Waals surface area contributed by atoms with Gasteiger partial charge in [-0.25, -0.2) is 8.78 Å². The van der Waals surface area contributed by atoms with Crippen LogP contribution in [0.1, 0.15) is 23.2 Å². The summed E-state index contributed by atoms with van der Waals surface area (Å²) in [5.41, 5.74) is 4.58. The smallest absolute Gasteiger partial charge is 0.264 e. The molecule has 0 spiro atoms. The van der Waals surface area contributed by atoms with Gasteiger partial charge in [0.1, 0.15) is 0 Å². The van der Waals surface area contributed by atoms with Crippen molar-refractivity contribution >= 4 is 0 Å². The minimum Gasteiger partial charge on any atom is -0.326 e. The lowest BCUT2D eigenvalue weighted by Gasteiger charge is -2.09. The maximum Gasteiger partial charge on any atom is 0.264 e. The van der Waals surface area contributed by atoms with E-state index in [9.17, 15) is 13.6 Å². The van der Waals surface area contributed by atoms with Crippen LogP contribution in [0.5, 0.6) is 0 Å². The van der Waals surface area contributed by atoms with E-state index in [0.29, 0.717) is 0 Å². The molecule has 0 saturated heterocycles. The summed E-state index contributed by atoms with van der Waals surface area (Å²) < 4.78 is 25.0. The van der Waals surface area contributed by atoms with Gasteiger partial charge in [-0.3, -0.25) is 4.79 Å². The highest BCUT2D eigenvalue weighted by atomic mass is 19.3. The van der Waals surface area contributed by atoms with Crippen molar-refractivity contribution in [2.45, 2.75) is 19.4 Å². The van der Waals surface area contributed by atoms with Crippen molar-refractivity contribution in [1.29, 1.82) is 5.26 Å². The summed E-state index contributed by atoms with van der Waals surface area (Å²) in [6.07, 6.45) is -2.90. The Kier molecular flexibility index (Phi) is 3.52. The Balaban J connectivity index is 3.39. The van der Waals surface area contributed by atoms with Gasteiger partial charge < -0.3 is 10.7 Å². The van der Waals surface area contributed by atoms with Gasteiger partial charge in [-0.2, -0.15) is 5.26 Å². The molecule has 0 aliphatic carbocycles. The van der Waals surface area contributed by atoms with Crippen molar-refractivity contribution in [2.75, 3.05) is 0 Å². The zero-order valence-corrected chi connectivity index (χ0v) is 7.76. The second kappa shape index (κ2) is 4.66. The lowest BCUT2D eigenvalue weighted by Crippen LogP contribution is -2.16. The highest BCUT2D eigenvalue weighted by Gasteiger charge is 2.16. The number of nitrogens with two attached hydrogens (primary N) is 1. The summed E-state index contributed by atoms with van der Waals surface area (Å²) in [6.45, 7) is -0.131. The van der Waals surface area contributed by atoms with Gasteiger partial charge in [0.25, 0.3) is 6.43 Å². The van der Waals surface area contributed by atoms with Gasteiger partial charge in [-0.05, 0) is 5.56 Å². The molecule has 0 aliphatic heterocycles. The van der Waals surface area contributed by atoms with Crippen LogP contribution in [0.25, 0.3) is 0 Å². The molecule has 0 saturated carbocycles. The molecule has 6 heteroatoms.